The van der Waals surface area contributed by atoms with Crippen molar-refractivity contribution in [3.8, 4) is 0 Å². The fraction of sp³-hybridized carbons (Fsp3) is 0.444. The van der Waals surface area contributed by atoms with Gasteiger partial charge in [0.2, 0.25) is 15.9 Å². The number of morpholine rings is 1. The first-order chi connectivity index (χ1) is 19.2. The van der Waals surface area contributed by atoms with Crippen molar-refractivity contribution in [2.24, 2.45) is 0 Å². The number of benzene rings is 2. The summed E-state index contributed by atoms with van der Waals surface area (Å²) in [6.07, 6.45) is 0.774. The maximum absolute atomic E-state index is 13.8. The van der Waals surface area contributed by atoms with Crippen molar-refractivity contribution < 1.29 is 22.7 Å². The predicted octanol–water partition coefficient (Wildman–Crippen LogP) is 2.73. The molecule has 0 aliphatic carbocycles. The van der Waals surface area contributed by atoms with E-state index in [1.165, 1.54) is 20.5 Å². The number of halogens is 2. The van der Waals surface area contributed by atoms with Gasteiger partial charge in [-0.3, -0.25) is 9.59 Å². The van der Waals surface area contributed by atoms with Crippen molar-refractivity contribution in [1.82, 2.24) is 24.0 Å². The molecule has 3 aromatic rings. The van der Waals surface area contributed by atoms with Crippen LogP contribution in [0.5, 0.6) is 0 Å². The number of fused-ring (bicyclic) bond motifs is 2. The highest BCUT2D eigenvalue weighted by Crippen LogP contribution is 2.29. The zero-order chi connectivity index (χ0) is 28.0. The van der Waals surface area contributed by atoms with Gasteiger partial charge in [0.05, 0.1) is 23.8 Å². The van der Waals surface area contributed by atoms with Gasteiger partial charge in [-0.25, -0.2) is 13.4 Å². The Balaban J connectivity index is 0.00000337. The molecule has 3 aliphatic heterocycles. The van der Waals surface area contributed by atoms with E-state index in [1.54, 1.807) is 41.3 Å². The highest BCUT2D eigenvalue weighted by Gasteiger charge is 2.43. The molecule has 0 saturated carbocycles. The summed E-state index contributed by atoms with van der Waals surface area (Å²) < 4.78 is 34.3. The molecule has 14 heteroatoms. The zero-order valence-electron chi connectivity index (χ0n) is 22.5. The number of rotatable bonds is 4. The summed E-state index contributed by atoms with van der Waals surface area (Å²) in [7, 11) is -1.90. The lowest BCUT2D eigenvalue weighted by atomic mass is 10.1. The first kappa shape index (κ1) is 30.1. The smallest absolute Gasteiger partial charge is 0.283 e. The molecule has 6 rings (SSSR count). The van der Waals surface area contributed by atoms with Gasteiger partial charge >= 0.3 is 0 Å². The lowest BCUT2D eigenvalue weighted by molar-refractivity contribution is -0.141. The van der Waals surface area contributed by atoms with E-state index in [9.17, 15) is 18.0 Å². The van der Waals surface area contributed by atoms with Gasteiger partial charge < -0.3 is 19.4 Å². The lowest BCUT2D eigenvalue weighted by Gasteiger charge is -2.42. The quantitative estimate of drug-likeness (QED) is 0.432. The van der Waals surface area contributed by atoms with E-state index < -0.39 is 16.1 Å². The van der Waals surface area contributed by atoms with Crippen LogP contribution in [0.15, 0.2) is 41.3 Å². The van der Waals surface area contributed by atoms with Crippen LogP contribution < -0.4 is 0 Å². The standard InChI is InChI=1S/C27H30ClN5O5S2.ClH/c1-30-7-6-22-24(17-30)39-25(29-22)27(35)33-9-8-32(16-23(33)26(34)31-10-12-38-13-11-31)40(36,37)21-5-3-18-14-20(28)4-2-19(18)15-21;/h2-5,14-15,23H,6-13,16-17H2,1H3;1H. The molecular formula is C27H31Cl2N5O5S2. The molecule has 1 unspecified atom stereocenters. The van der Waals surface area contributed by atoms with Gasteiger partial charge in [-0.05, 0) is 42.1 Å². The lowest BCUT2D eigenvalue weighted by Crippen LogP contribution is -2.62. The Bertz CT molecular complexity index is 1580. The van der Waals surface area contributed by atoms with E-state index in [0.29, 0.717) is 36.3 Å². The summed E-state index contributed by atoms with van der Waals surface area (Å²) in [6, 6.07) is 9.22. The summed E-state index contributed by atoms with van der Waals surface area (Å²) >= 11 is 7.46. The van der Waals surface area contributed by atoms with Gasteiger partial charge in [-0.1, -0.05) is 23.7 Å². The summed E-state index contributed by atoms with van der Waals surface area (Å²) in [5.41, 5.74) is 0.932. The minimum Gasteiger partial charge on any atom is -0.378 e. The van der Waals surface area contributed by atoms with E-state index in [2.05, 4.69) is 9.88 Å². The SMILES string of the molecule is CN1CCc2nc(C(=O)N3CCN(S(=O)(=O)c4ccc5cc(Cl)ccc5c4)CC3C(=O)N3CCOCC3)sc2C1.Cl. The van der Waals surface area contributed by atoms with E-state index in [0.717, 1.165) is 40.9 Å². The Kier molecular flexibility index (Phi) is 8.91. The maximum atomic E-state index is 13.8. The van der Waals surface area contributed by atoms with Gasteiger partial charge in [-0.2, -0.15) is 4.31 Å². The summed E-state index contributed by atoms with van der Waals surface area (Å²) in [4.78, 5) is 38.7. The van der Waals surface area contributed by atoms with Gasteiger partial charge in [0, 0.05) is 62.1 Å². The van der Waals surface area contributed by atoms with Gasteiger partial charge in [0.15, 0.2) is 5.01 Å². The number of amides is 2. The molecule has 0 radical (unpaired) electrons. The molecule has 0 N–H and O–H groups in total. The highest BCUT2D eigenvalue weighted by atomic mass is 35.5. The third kappa shape index (κ3) is 5.96. The predicted molar refractivity (Wildman–Crippen MR) is 159 cm³/mol. The van der Waals surface area contributed by atoms with Crippen LogP contribution in [0, 0.1) is 0 Å². The minimum absolute atomic E-state index is 0. The molecule has 2 fully saturated rings. The monoisotopic (exact) mass is 639 g/mol. The number of hydrogen-bond donors (Lipinski definition) is 0. The van der Waals surface area contributed by atoms with Crippen LogP contribution >= 0.6 is 35.3 Å². The molecule has 2 amide bonds. The van der Waals surface area contributed by atoms with E-state index in [4.69, 9.17) is 16.3 Å². The molecule has 1 atom stereocenters. The molecule has 2 saturated heterocycles. The van der Waals surface area contributed by atoms with E-state index >= 15 is 0 Å². The molecule has 1 aromatic heterocycles. The molecule has 41 heavy (non-hydrogen) atoms. The summed E-state index contributed by atoms with van der Waals surface area (Å²) in [5.74, 6) is -0.598. The molecule has 0 bridgehead atoms. The number of carbonyl (C=O) groups excluding carboxylic acids is 2. The third-order valence-corrected chi connectivity index (χ3v) is 10.9. The summed E-state index contributed by atoms with van der Waals surface area (Å²) in [6.45, 7) is 3.26. The third-order valence-electron chi connectivity index (χ3n) is 7.73. The minimum atomic E-state index is -3.93. The Hall–Kier alpha value is -2.32. The van der Waals surface area contributed by atoms with Crippen molar-refractivity contribution in [1.29, 1.82) is 0 Å². The fourth-order valence-corrected chi connectivity index (χ4v) is 8.27. The molecule has 220 valence electrons. The van der Waals surface area contributed by atoms with Crippen LogP contribution in [0.3, 0.4) is 0 Å². The van der Waals surface area contributed by atoms with Crippen molar-refractivity contribution >= 4 is 68.0 Å². The van der Waals surface area contributed by atoms with E-state index in [1.807, 2.05) is 7.05 Å². The van der Waals surface area contributed by atoms with Crippen LogP contribution in [-0.2, 0) is 32.5 Å². The Labute approximate surface area is 254 Å². The van der Waals surface area contributed by atoms with Crippen LogP contribution in [0.25, 0.3) is 10.8 Å². The molecule has 4 heterocycles. The number of thiazole rings is 1. The number of nitrogens with zero attached hydrogens (tertiary/aromatic N) is 5. The van der Waals surface area contributed by atoms with Crippen LogP contribution in [-0.4, -0.2) is 110 Å². The Morgan fingerprint density at radius 2 is 1.76 bits per heavy atom. The Morgan fingerprint density at radius 3 is 2.54 bits per heavy atom. The van der Waals surface area contributed by atoms with E-state index in [-0.39, 0.29) is 48.8 Å². The molecular weight excluding hydrogens is 609 g/mol. The molecule has 2 aromatic carbocycles. The second-order valence-corrected chi connectivity index (χ2v) is 13.8. The number of hydrogen-bond acceptors (Lipinski definition) is 8. The topological polar surface area (TPSA) is 103 Å². The first-order valence-electron chi connectivity index (χ1n) is 13.2. The largest absolute Gasteiger partial charge is 0.378 e. The number of aromatic nitrogens is 1. The molecule has 10 nitrogen and oxygen atoms in total. The average Bonchev–Trinajstić information content (AvgIpc) is 3.39. The zero-order valence-corrected chi connectivity index (χ0v) is 25.7. The molecule has 0 spiro atoms. The normalized spacial score (nSPS) is 20.5. The van der Waals surface area contributed by atoms with Crippen molar-refractivity contribution in [3.05, 3.63) is 57.0 Å². The number of ether oxygens (including phenoxy) is 1. The van der Waals surface area contributed by atoms with Gasteiger partial charge in [0.1, 0.15) is 6.04 Å². The fourth-order valence-electron chi connectivity index (χ4n) is 5.47. The number of carbonyl (C=O) groups is 2. The Morgan fingerprint density at radius 1 is 1.02 bits per heavy atom. The van der Waals surface area contributed by atoms with Gasteiger partial charge in [-0.15, -0.1) is 23.7 Å². The second kappa shape index (κ2) is 12.1. The maximum Gasteiger partial charge on any atom is 0.283 e. The first-order valence-corrected chi connectivity index (χ1v) is 15.9. The average molecular weight is 641 g/mol. The number of piperazine rings is 1. The number of sulfonamides is 1. The summed E-state index contributed by atoms with van der Waals surface area (Å²) in [5, 5.41) is 2.50. The molecule has 3 aliphatic rings. The van der Waals surface area contributed by atoms with Crippen molar-refractivity contribution in [2.75, 3.05) is 59.5 Å². The second-order valence-electron chi connectivity index (χ2n) is 10.3. The number of likely N-dealkylation sites (N-methyl/N-ethyl adjacent to an activating group) is 1. The van der Waals surface area contributed by atoms with Gasteiger partial charge in [0.25, 0.3) is 5.91 Å². The van der Waals surface area contributed by atoms with Crippen LogP contribution in [0.2, 0.25) is 5.02 Å². The van der Waals surface area contributed by atoms with Crippen molar-refractivity contribution in [2.45, 2.75) is 23.9 Å². The highest BCUT2D eigenvalue weighted by molar-refractivity contribution is 7.89. The van der Waals surface area contributed by atoms with Crippen LogP contribution in [0.4, 0.5) is 0 Å². The van der Waals surface area contributed by atoms with Crippen LogP contribution in [0.1, 0.15) is 20.4 Å². The van der Waals surface area contributed by atoms with Crippen molar-refractivity contribution in [3.63, 3.8) is 0 Å².